The third-order valence-corrected chi connectivity index (χ3v) is 1.38. The maximum atomic E-state index is 10.1. The molecule has 0 aliphatic heterocycles. The van der Waals surface area contributed by atoms with Gasteiger partial charge in [0, 0.05) is 19.6 Å². The Kier molecular flexibility index (Phi) is 6.76. The molecule has 0 saturated heterocycles. The largest absolute Gasteiger partial charge is 0.481 e. The molecule has 0 aromatic rings. The molecule has 12 heavy (non-hydrogen) atoms. The Morgan fingerprint density at radius 1 is 1.42 bits per heavy atom. The average molecular weight is 174 g/mol. The minimum absolute atomic E-state index is 0.255. The Morgan fingerprint density at radius 3 is 2.58 bits per heavy atom. The van der Waals surface area contributed by atoms with Gasteiger partial charge in [-0.3, -0.25) is 4.79 Å². The van der Waals surface area contributed by atoms with Crippen LogP contribution in [-0.2, 0) is 9.53 Å². The van der Waals surface area contributed by atoms with Crippen molar-refractivity contribution in [3.63, 3.8) is 0 Å². The van der Waals surface area contributed by atoms with E-state index < -0.39 is 5.97 Å². The summed E-state index contributed by atoms with van der Waals surface area (Å²) in [4.78, 5) is 10.1. The van der Waals surface area contributed by atoms with E-state index >= 15 is 0 Å². The van der Waals surface area contributed by atoms with Gasteiger partial charge < -0.3 is 9.84 Å². The smallest absolute Gasteiger partial charge is 0.303 e. The Morgan fingerprint density at radius 2 is 2.08 bits per heavy atom. The van der Waals surface area contributed by atoms with Crippen LogP contribution in [0.3, 0.4) is 0 Å². The fraction of sp³-hybridized carbons (Fsp3) is 0.889. The maximum Gasteiger partial charge on any atom is 0.303 e. The van der Waals surface area contributed by atoms with E-state index in [0.717, 1.165) is 13.0 Å². The minimum atomic E-state index is -0.723. The van der Waals surface area contributed by atoms with Crippen molar-refractivity contribution in [1.82, 2.24) is 0 Å². The van der Waals surface area contributed by atoms with E-state index in [1.807, 2.05) is 0 Å². The van der Waals surface area contributed by atoms with E-state index in [1.54, 1.807) is 0 Å². The highest BCUT2D eigenvalue weighted by Gasteiger charge is 1.97. The van der Waals surface area contributed by atoms with Crippen molar-refractivity contribution in [2.75, 3.05) is 13.2 Å². The summed E-state index contributed by atoms with van der Waals surface area (Å²) in [6, 6.07) is 0. The van der Waals surface area contributed by atoms with Crippen LogP contribution in [0.15, 0.2) is 0 Å². The predicted molar refractivity (Wildman–Crippen MR) is 47.1 cm³/mol. The molecule has 3 heteroatoms. The quantitative estimate of drug-likeness (QED) is 0.600. The van der Waals surface area contributed by atoms with Crippen LogP contribution in [0.4, 0.5) is 0 Å². The van der Waals surface area contributed by atoms with Crippen molar-refractivity contribution >= 4 is 5.97 Å². The summed E-state index contributed by atoms with van der Waals surface area (Å²) >= 11 is 0. The first kappa shape index (κ1) is 11.4. The molecule has 0 aliphatic rings. The fourth-order valence-corrected chi connectivity index (χ4v) is 0.799. The normalized spacial score (nSPS) is 10.6. The lowest BCUT2D eigenvalue weighted by molar-refractivity contribution is -0.137. The number of carboxylic acid groups (broad SMARTS) is 1. The van der Waals surface area contributed by atoms with Crippen molar-refractivity contribution in [3.05, 3.63) is 0 Å². The number of unbranched alkanes of at least 4 members (excludes halogenated alkanes) is 1. The molecule has 0 saturated carbocycles. The van der Waals surface area contributed by atoms with Crippen LogP contribution in [0.1, 0.15) is 33.1 Å². The van der Waals surface area contributed by atoms with Crippen molar-refractivity contribution in [3.8, 4) is 0 Å². The molecule has 72 valence electrons. The lowest BCUT2D eigenvalue weighted by Crippen LogP contribution is -2.03. The maximum absolute atomic E-state index is 10.1. The molecule has 0 atom stereocenters. The molecule has 0 radical (unpaired) electrons. The van der Waals surface area contributed by atoms with Crippen LogP contribution in [0.2, 0.25) is 0 Å². The van der Waals surface area contributed by atoms with E-state index in [2.05, 4.69) is 13.8 Å². The van der Waals surface area contributed by atoms with E-state index in [1.165, 1.54) is 0 Å². The van der Waals surface area contributed by atoms with Gasteiger partial charge in [0.1, 0.15) is 0 Å². The van der Waals surface area contributed by atoms with Gasteiger partial charge in [0.15, 0.2) is 0 Å². The van der Waals surface area contributed by atoms with Gasteiger partial charge in [-0.2, -0.15) is 0 Å². The molecule has 0 unspecified atom stereocenters. The SMILES string of the molecule is CC(C)COCCCCC(=O)O. The van der Waals surface area contributed by atoms with E-state index in [4.69, 9.17) is 9.84 Å². The average Bonchev–Trinajstić information content (AvgIpc) is 1.95. The molecule has 0 rings (SSSR count). The summed E-state index contributed by atoms with van der Waals surface area (Å²) in [6.45, 7) is 5.65. The fourth-order valence-electron chi connectivity index (χ4n) is 0.799. The van der Waals surface area contributed by atoms with Crippen LogP contribution in [-0.4, -0.2) is 24.3 Å². The van der Waals surface area contributed by atoms with Crippen molar-refractivity contribution < 1.29 is 14.6 Å². The summed E-state index contributed by atoms with van der Waals surface area (Å²) in [5, 5.41) is 8.32. The molecule has 0 aromatic heterocycles. The first-order valence-corrected chi connectivity index (χ1v) is 4.42. The zero-order chi connectivity index (χ0) is 9.40. The first-order chi connectivity index (χ1) is 5.63. The number of rotatable bonds is 7. The van der Waals surface area contributed by atoms with Gasteiger partial charge in [0.05, 0.1) is 0 Å². The Labute approximate surface area is 73.7 Å². The highest BCUT2D eigenvalue weighted by atomic mass is 16.5. The molecule has 1 N–H and O–H groups in total. The second-order valence-corrected chi connectivity index (χ2v) is 3.32. The summed E-state index contributed by atoms with van der Waals surface area (Å²) in [5.74, 6) is -0.164. The van der Waals surface area contributed by atoms with E-state index in [0.29, 0.717) is 18.9 Å². The number of ether oxygens (including phenoxy) is 1. The molecule has 0 aliphatic carbocycles. The van der Waals surface area contributed by atoms with E-state index in [-0.39, 0.29) is 6.42 Å². The van der Waals surface area contributed by atoms with Crippen LogP contribution in [0, 0.1) is 5.92 Å². The highest BCUT2D eigenvalue weighted by Crippen LogP contribution is 1.98. The zero-order valence-corrected chi connectivity index (χ0v) is 7.88. The predicted octanol–water partition coefficient (Wildman–Crippen LogP) is 1.91. The highest BCUT2D eigenvalue weighted by molar-refractivity contribution is 5.66. The molecule has 3 nitrogen and oxygen atoms in total. The topological polar surface area (TPSA) is 46.5 Å². The molecule has 0 aromatic carbocycles. The monoisotopic (exact) mass is 174 g/mol. The number of hydrogen-bond acceptors (Lipinski definition) is 2. The van der Waals surface area contributed by atoms with E-state index in [9.17, 15) is 4.79 Å². The molecule has 0 amide bonds. The van der Waals surface area contributed by atoms with Gasteiger partial charge in [0.2, 0.25) is 0 Å². The number of carbonyl (C=O) groups is 1. The molecule has 0 bridgehead atoms. The lowest BCUT2D eigenvalue weighted by Gasteiger charge is -2.05. The second-order valence-electron chi connectivity index (χ2n) is 3.32. The lowest BCUT2D eigenvalue weighted by atomic mass is 10.2. The number of aliphatic carboxylic acids is 1. The molecule has 0 spiro atoms. The Balaban J connectivity index is 2.96. The summed E-state index contributed by atoms with van der Waals surface area (Å²) in [5.41, 5.74) is 0. The molecule has 0 heterocycles. The zero-order valence-electron chi connectivity index (χ0n) is 7.88. The van der Waals surface area contributed by atoms with Crippen LogP contribution in [0.25, 0.3) is 0 Å². The van der Waals surface area contributed by atoms with Gasteiger partial charge in [-0.1, -0.05) is 13.8 Å². The molecule has 0 fully saturated rings. The number of carboxylic acids is 1. The first-order valence-electron chi connectivity index (χ1n) is 4.42. The van der Waals surface area contributed by atoms with Gasteiger partial charge in [-0.15, -0.1) is 0 Å². The van der Waals surface area contributed by atoms with Gasteiger partial charge in [-0.05, 0) is 18.8 Å². The van der Waals surface area contributed by atoms with Gasteiger partial charge in [0.25, 0.3) is 0 Å². The van der Waals surface area contributed by atoms with Crippen LogP contribution < -0.4 is 0 Å². The third-order valence-electron chi connectivity index (χ3n) is 1.38. The summed E-state index contributed by atoms with van der Waals surface area (Å²) in [6.07, 6.45) is 1.82. The van der Waals surface area contributed by atoms with Gasteiger partial charge in [-0.25, -0.2) is 0 Å². The third kappa shape index (κ3) is 9.43. The van der Waals surface area contributed by atoms with Gasteiger partial charge >= 0.3 is 5.97 Å². The number of hydrogen-bond donors (Lipinski definition) is 1. The van der Waals surface area contributed by atoms with Crippen LogP contribution in [0.5, 0.6) is 0 Å². The Hall–Kier alpha value is -0.570. The van der Waals surface area contributed by atoms with Crippen molar-refractivity contribution in [1.29, 1.82) is 0 Å². The summed E-state index contributed by atoms with van der Waals surface area (Å²) < 4.78 is 5.28. The molecular weight excluding hydrogens is 156 g/mol. The second kappa shape index (κ2) is 7.10. The van der Waals surface area contributed by atoms with Crippen molar-refractivity contribution in [2.24, 2.45) is 5.92 Å². The standard InChI is InChI=1S/C9H18O3/c1-8(2)7-12-6-4-3-5-9(10)11/h8H,3-7H2,1-2H3,(H,10,11). The Bertz CT molecular complexity index is 121. The minimum Gasteiger partial charge on any atom is -0.481 e. The summed E-state index contributed by atoms with van der Waals surface area (Å²) in [7, 11) is 0. The van der Waals surface area contributed by atoms with Crippen molar-refractivity contribution in [2.45, 2.75) is 33.1 Å². The molecular formula is C9H18O3. The van der Waals surface area contributed by atoms with Crippen LogP contribution >= 0.6 is 0 Å².